The molecule has 0 aromatic rings. The molecule has 2 aliphatic carbocycles. The Kier molecular flexibility index (Phi) is 5.79. The first-order valence-corrected chi connectivity index (χ1v) is 10.4. The van der Waals surface area contributed by atoms with Crippen LogP contribution in [0.15, 0.2) is 28.3 Å². The Morgan fingerprint density at radius 3 is 2.00 bits per heavy atom. The number of amides is 2. The predicted octanol–water partition coefficient (Wildman–Crippen LogP) is 4.64. The molecule has 0 unspecified atom stereocenters. The number of allylic oxidation sites excluding steroid dienone is 4. The minimum Gasteiger partial charge on any atom is -0.444 e. The highest BCUT2D eigenvalue weighted by Gasteiger charge is 2.42. The highest BCUT2D eigenvalue weighted by Crippen LogP contribution is 2.33. The fourth-order valence-corrected chi connectivity index (χ4v) is 3.71. The quantitative estimate of drug-likeness (QED) is 0.639. The first kappa shape index (κ1) is 21.4. The van der Waals surface area contributed by atoms with Crippen molar-refractivity contribution in [3.8, 4) is 0 Å². The molecule has 1 fully saturated rings. The molecule has 3 aliphatic rings. The number of nitrogens with zero attached hydrogens (tertiary/aromatic N) is 3. The van der Waals surface area contributed by atoms with Gasteiger partial charge in [-0.25, -0.2) is 14.6 Å². The number of carbonyl (C=O) groups excluding carboxylic acids is 2. The minimum atomic E-state index is -0.761. The zero-order chi connectivity index (χ0) is 21.4. The fraction of sp³-hybridized carbons (Fsp3) is 0.682. The van der Waals surface area contributed by atoms with Gasteiger partial charge in [0.05, 0.1) is 0 Å². The summed E-state index contributed by atoms with van der Waals surface area (Å²) in [5.41, 5.74) is 2.45. The second kappa shape index (κ2) is 7.84. The van der Waals surface area contributed by atoms with Crippen LogP contribution in [0.4, 0.5) is 9.59 Å². The van der Waals surface area contributed by atoms with Crippen LogP contribution in [-0.2, 0) is 9.47 Å². The summed E-state index contributed by atoms with van der Waals surface area (Å²) < 4.78 is 11.1. The van der Waals surface area contributed by atoms with Crippen molar-refractivity contribution in [2.45, 2.75) is 84.7 Å². The lowest BCUT2D eigenvalue weighted by atomic mass is 9.99. The van der Waals surface area contributed by atoms with Crippen molar-refractivity contribution in [2.24, 2.45) is 4.99 Å². The van der Waals surface area contributed by atoms with E-state index in [9.17, 15) is 9.59 Å². The third-order valence-corrected chi connectivity index (χ3v) is 4.93. The van der Waals surface area contributed by atoms with E-state index in [1.54, 1.807) is 0 Å². The molecule has 0 aromatic carbocycles. The van der Waals surface area contributed by atoms with Crippen molar-refractivity contribution in [3.63, 3.8) is 0 Å². The van der Waals surface area contributed by atoms with Crippen molar-refractivity contribution >= 4 is 17.9 Å². The molecule has 1 aliphatic heterocycles. The van der Waals surface area contributed by atoms with Crippen molar-refractivity contribution in [3.05, 3.63) is 23.3 Å². The SMILES string of the molecule is CC(C)(C)OC(=O)N1CCN(C(=O)OC(C)(C)C)C1N=C1C=CC2=C(CCC2)C1. The lowest BCUT2D eigenvalue weighted by Gasteiger charge is -2.31. The van der Waals surface area contributed by atoms with Crippen LogP contribution in [0.2, 0.25) is 0 Å². The van der Waals surface area contributed by atoms with E-state index in [0.717, 1.165) is 25.0 Å². The highest BCUT2D eigenvalue weighted by molar-refractivity contribution is 5.99. The maximum atomic E-state index is 12.8. The Morgan fingerprint density at radius 2 is 1.48 bits per heavy atom. The second-order valence-electron chi connectivity index (χ2n) is 9.81. The van der Waals surface area contributed by atoms with E-state index in [4.69, 9.17) is 14.5 Å². The van der Waals surface area contributed by atoms with Crippen LogP contribution in [-0.4, -0.2) is 58.3 Å². The third kappa shape index (κ3) is 5.40. The Bertz CT molecular complexity index is 732. The van der Waals surface area contributed by atoms with Crippen LogP contribution in [0.1, 0.15) is 67.2 Å². The minimum absolute atomic E-state index is 0.354. The normalized spacial score (nSPS) is 21.8. The summed E-state index contributed by atoms with van der Waals surface area (Å²) >= 11 is 0. The molecule has 0 spiro atoms. The molecule has 7 heteroatoms. The van der Waals surface area contributed by atoms with Gasteiger partial charge in [-0.2, -0.15) is 0 Å². The molecule has 0 saturated carbocycles. The van der Waals surface area contributed by atoms with Crippen LogP contribution < -0.4 is 0 Å². The van der Waals surface area contributed by atoms with Crippen LogP contribution in [0.3, 0.4) is 0 Å². The number of hydrogen-bond donors (Lipinski definition) is 0. The zero-order valence-corrected chi connectivity index (χ0v) is 18.4. The summed E-state index contributed by atoms with van der Waals surface area (Å²) in [6.45, 7) is 11.7. The monoisotopic (exact) mass is 403 g/mol. The smallest absolute Gasteiger partial charge is 0.413 e. The lowest BCUT2D eigenvalue weighted by molar-refractivity contribution is 0.00195. The number of ether oxygens (including phenoxy) is 2. The van der Waals surface area contributed by atoms with E-state index in [-0.39, 0.29) is 0 Å². The van der Waals surface area contributed by atoms with E-state index >= 15 is 0 Å². The molecule has 3 rings (SSSR count). The van der Waals surface area contributed by atoms with Gasteiger partial charge in [-0.15, -0.1) is 0 Å². The molecule has 29 heavy (non-hydrogen) atoms. The standard InChI is InChI=1S/C22H33N3O4/c1-21(2,3)28-19(26)24-12-13-25(20(27)29-22(4,5)6)18(24)23-17-11-10-15-8-7-9-16(15)14-17/h10-11,18H,7-9,12-14H2,1-6H3. The summed E-state index contributed by atoms with van der Waals surface area (Å²) in [5, 5.41) is 0. The predicted molar refractivity (Wildman–Crippen MR) is 112 cm³/mol. The number of aliphatic imine (C=N–C) groups is 1. The van der Waals surface area contributed by atoms with Gasteiger partial charge in [0.1, 0.15) is 11.2 Å². The van der Waals surface area contributed by atoms with Crippen molar-refractivity contribution in [1.82, 2.24) is 9.80 Å². The Morgan fingerprint density at radius 1 is 0.931 bits per heavy atom. The van der Waals surface area contributed by atoms with E-state index < -0.39 is 29.7 Å². The van der Waals surface area contributed by atoms with E-state index in [1.165, 1.54) is 27.4 Å². The molecule has 0 radical (unpaired) electrons. The third-order valence-electron chi connectivity index (χ3n) is 4.93. The maximum absolute atomic E-state index is 12.8. The summed E-state index contributed by atoms with van der Waals surface area (Å²) in [5.74, 6) is 0. The molecule has 0 N–H and O–H groups in total. The van der Waals surface area contributed by atoms with Crippen LogP contribution >= 0.6 is 0 Å². The summed E-state index contributed by atoms with van der Waals surface area (Å²) in [7, 11) is 0. The van der Waals surface area contributed by atoms with Crippen molar-refractivity contribution in [1.29, 1.82) is 0 Å². The van der Waals surface area contributed by atoms with E-state index in [1.807, 2.05) is 47.6 Å². The van der Waals surface area contributed by atoms with E-state index in [2.05, 4.69) is 6.08 Å². The number of hydrogen-bond acceptors (Lipinski definition) is 5. The number of rotatable bonds is 1. The molecule has 0 bridgehead atoms. The van der Waals surface area contributed by atoms with Gasteiger partial charge in [0.15, 0.2) is 0 Å². The van der Waals surface area contributed by atoms with E-state index in [0.29, 0.717) is 13.1 Å². The molecule has 160 valence electrons. The van der Waals surface area contributed by atoms with Crippen LogP contribution in [0.5, 0.6) is 0 Å². The van der Waals surface area contributed by atoms with Gasteiger partial charge in [-0.1, -0.05) is 11.6 Å². The average molecular weight is 404 g/mol. The zero-order valence-electron chi connectivity index (χ0n) is 18.4. The van der Waals surface area contributed by atoms with Gasteiger partial charge in [-0.05, 0) is 72.5 Å². The summed E-state index contributed by atoms with van der Waals surface area (Å²) in [6.07, 6.45) is 6.58. The first-order valence-electron chi connectivity index (χ1n) is 10.4. The van der Waals surface area contributed by atoms with Gasteiger partial charge >= 0.3 is 12.2 Å². The second-order valence-corrected chi connectivity index (χ2v) is 9.81. The van der Waals surface area contributed by atoms with Gasteiger partial charge < -0.3 is 9.47 Å². The molecule has 0 aromatic heterocycles. The fourth-order valence-electron chi connectivity index (χ4n) is 3.71. The molecular weight excluding hydrogens is 370 g/mol. The number of carbonyl (C=O) groups is 2. The molecular formula is C22H33N3O4. The topological polar surface area (TPSA) is 71.4 Å². The van der Waals surface area contributed by atoms with Gasteiger partial charge in [-0.3, -0.25) is 9.80 Å². The largest absolute Gasteiger partial charge is 0.444 e. The van der Waals surface area contributed by atoms with Gasteiger partial charge in [0, 0.05) is 25.2 Å². The Hall–Kier alpha value is -2.31. The Balaban J connectivity index is 1.84. The molecule has 2 amide bonds. The summed E-state index contributed by atoms with van der Waals surface area (Å²) in [6, 6.07) is 0. The van der Waals surface area contributed by atoms with Crippen molar-refractivity contribution < 1.29 is 19.1 Å². The first-order chi connectivity index (χ1) is 13.4. The lowest BCUT2D eigenvalue weighted by Crippen LogP contribution is -2.46. The molecule has 1 heterocycles. The van der Waals surface area contributed by atoms with Crippen molar-refractivity contribution in [2.75, 3.05) is 13.1 Å². The molecule has 1 saturated heterocycles. The Labute approximate surface area is 173 Å². The summed E-state index contributed by atoms with van der Waals surface area (Å²) in [4.78, 5) is 33.4. The van der Waals surface area contributed by atoms with Crippen LogP contribution in [0, 0.1) is 0 Å². The highest BCUT2D eigenvalue weighted by atomic mass is 16.6. The molecule has 0 atom stereocenters. The van der Waals surface area contributed by atoms with Crippen LogP contribution in [0.25, 0.3) is 0 Å². The average Bonchev–Trinajstić information content (AvgIpc) is 3.17. The maximum Gasteiger partial charge on any atom is 0.413 e. The van der Waals surface area contributed by atoms with Gasteiger partial charge in [0.25, 0.3) is 0 Å². The van der Waals surface area contributed by atoms with Gasteiger partial charge in [0.2, 0.25) is 6.29 Å². The molecule has 7 nitrogen and oxygen atoms in total.